The van der Waals surface area contributed by atoms with Gasteiger partial charge in [-0.25, -0.2) is 0 Å². The van der Waals surface area contributed by atoms with Crippen LogP contribution in [0.3, 0.4) is 0 Å². The molecule has 3 aliphatic rings. The van der Waals surface area contributed by atoms with Gasteiger partial charge in [0, 0.05) is 23.0 Å². The number of anilines is 2. The molecule has 0 aromatic heterocycles. The van der Waals surface area contributed by atoms with E-state index in [4.69, 9.17) is 0 Å². The number of fused-ring (bicyclic) bond motifs is 7. The molecule has 0 amide bonds. The van der Waals surface area contributed by atoms with Gasteiger partial charge in [0.1, 0.15) is 0 Å². The zero-order chi connectivity index (χ0) is 35.1. The predicted molar refractivity (Wildman–Crippen MR) is 226 cm³/mol. The quantitative estimate of drug-likeness (QED) is 0.158. The summed E-state index contributed by atoms with van der Waals surface area (Å²) in [5.74, 6) is 0.252. The third kappa shape index (κ3) is 5.56. The molecule has 0 heterocycles. The predicted octanol–water partition coefficient (Wildman–Crippen LogP) is 12.4. The summed E-state index contributed by atoms with van der Waals surface area (Å²) in [6.07, 6.45) is 16.9. The van der Waals surface area contributed by atoms with Crippen molar-refractivity contribution in [2.45, 2.75) is 38.0 Å². The van der Waals surface area contributed by atoms with Crippen molar-refractivity contribution in [2.24, 2.45) is 0 Å². The Morgan fingerprint density at radius 1 is 0.472 bits per heavy atom. The first-order valence-corrected chi connectivity index (χ1v) is 19.1. The first kappa shape index (κ1) is 31.5. The number of hydrogen-bond acceptors (Lipinski definition) is 1. The fourth-order valence-corrected chi connectivity index (χ4v) is 9.23. The minimum absolute atomic E-state index is 0.252. The molecule has 254 valence electrons. The lowest BCUT2D eigenvalue weighted by Gasteiger charge is -2.34. The highest BCUT2D eigenvalue weighted by molar-refractivity contribution is 6.10. The van der Waals surface area contributed by atoms with Crippen LogP contribution >= 0.6 is 0 Å². The van der Waals surface area contributed by atoms with E-state index >= 15 is 0 Å². The monoisotopic (exact) mass is 679 g/mol. The second kappa shape index (κ2) is 13.4. The van der Waals surface area contributed by atoms with Crippen LogP contribution in [-0.4, -0.2) is 0 Å². The van der Waals surface area contributed by atoms with E-state index < -0.39 is 0 Å². The van der Waals surface area contributed by atoms with Crippen LogP contribution in [0.15, 0.2) is 199 Å². The maximum absolute atomic E-state index is 2.46. The first-order chi connectivity index (χ1) is 26.3. The van der Waals surface area contributed by atoms with E-state index in [0.29, 0.717) is 0 Å². The van der Waals surface area contributed by atoms with E-state index in [-0.39, 0.29) is 5.92 Å². The molecule has 1 heteroatoms. The molecule has 10 rings (SSSR count). The van der Waals surface area contributed by atoms with Crippen LogP contribution in [0.5, 0.6) is 0 Å². The number of hydrogen-bond donors (Lipinski definition) is 0. The standard InChI is InChI=1S/C52H41N/c1-4-17-37(18-5-1)48-35-49(38-19-6-2-7-20-38)51-46-26-14-12-24-44(46)45-25-13-15-27-47(45)52(51)50(48)39-29-31-42(32-30-39)53(41-22-8-3-9-23-41)43-33-28-36-16-10-11-21-40(36)34-43/h1-6,8-19,21-29,31,33-34,48H,7,20,30,32,35H2. The Morgan fingerprint density at radius 3 is 1.83 bits per heavy atom. The van der Waals surface area contributed by atoms with Gasteiger partial charge in [0.05, 0.1) is 0 Å². The van der Waals surface area contributed by atoms with Gasteiger partial charge in [-0.2, -0.15) is 0 Å². The summed E-state index contributed by atoms with van der Waals surface area (Å²) >= 11 is 0. The molecule has 1 nitrogen and oxygen atoms in total. The highest BCUT2D eigenvalue weighted by Crippen LogP contribution is 2.45. The van der Waals surface area contributed by atoms with E-state index in [9.17, 15) is 0 Å². The summed E-state index contributed by atoms with van der Waals surface area (Å²) in [4.78, 5) is 2.46. The molecule has 0 N–H and O–H groups in total. The topological polar surface area (TPSA) is 3.24 Å². The van der Waals surface area contributed by atoms with Crippen LogP contribution in [0, 0.1) is 0 Å². The third-order valence-electron chi connectivity index (χ3n) is 11.6. The van der Waals surface area contributed by atoms with Gasteiger partial charge in [-0.05, 0) is 133 Å². The number of benzene rings is 7. The minimum atomic E-state index is 0.252. The summed E-state index contributed by atoms with van der Waals surface area (Å²) in [5.41, 5.74) is 11.1. The summed E-state index contributed by atoms with van der Waals surface area (Å²) in [6, 6.07) is 56.0. The molecule has 7 aromatic carbocycles. The van der Waals surface area contributed by atoms with E-state index in [2.05, 4.69) is 187 Å². The largest absolute Gasteiger partial charge is 0.314 e. The first-order valence-electron chi connectivity index (χ1n) is 19.1. The van der Waals surface area contributed by atoms with Crippen molar-refractivity contribution in [3.63, 3.8) is 0 Å². The van der Waals surface area contributed by atoms with Crippen LogP contribution in [0.25, 0.3) is 43.5 Å². The normalized spacial score (nSPS) is 17.1. The Hall–Kier alpha value is -6.18. The van der Waals surface area contributed by atoms with Crippen molar-refractivity contribution in [3.05, 3.63) is 215 Å². The van der Waals surface area contributed by atoms with Crippen LogP contribution in [0.4, 0.5) is 11.4 Å². The van der Waals surface area contributed by atoms with Gasteiger partial charge in [0.15, 0.2) is 0 Å². The summed E-state index contributed by atoms with van der Waals surface area (Å²) in [7, 11) is 0. The van der Waals surface area contributed by atoms with Gasteiger partial charge in [-0.1, -0.05) is 152 Å². The van der Waals surface area contributed by atoms with E-state index in [0.717, 1.165) is 32.1 Å². The fraction of sp³-hybridized carbons (Fsp3) is 0.115. The minimum Gasteiger partial charge on any atom is -0.314 e. The van der Waals surface area contributed by atoms with Gasteiger partial charge < -0.3 is 4.90 Å². The Labute approximate surface area is 311 Å². The SMILES string of the molecule is C1=CCCC(C2=c3c(c4ccccc4c4ccccc34)=C(C3=CC=C(N(c4ccccc4)c4ccc5ccccc5c4)CC3)C(c3ccccc3)C2)=C1. The van der Waals surface area contributed by atoms with Gasteiger partial charge in [0.2, 0.25) is 0 Å². The highest BCUT2D eigenvalue weighted by atomic mass is 15.1. The van der Waals surface area contributed by atoms with E-state index in [1.54, 1.807) is 0 Å². The van der Waals surface area contributed by atoms with Crippen LogP contribution in [0.1, 0.15) is 43.6 Å². The number of allylic oxidation sites excluding steroid dienone is 8. The number of rotatable bonds is 6. The summed E-state index contributed by atoms with van der Waals surface area (Å²) in [6.45, 7) is 0. The van der Waals surface area contributed by atoms with E-state index in [1.165, 1.54) is 87.7 Å². The van der Waals surface area contributed by atoms with Crippen molar-refractivity contribution in [1.82, 2.24) is 0 Å². The molecule has 3 aliphatic carbocycles. The fourth-order valence-electron chi connectivity index (χ4n) is 9.23. The molecule has 0 saturated heterocycles. The van der Waals surface area contributed by atoms with Crippen LogP contribution in [-0.2, 0) is 0 Å². The second-order valence-electron chi connectivity index (χ2n) is 14.6. The van der Waals surface area contributed by atoms with Gasteiger partial charge in [-0.3, -0.25) is 0 Å². The lowest BCUT2D eigenvalue weighted by Crippen LogP contribution is -2.38. The van der Waals surface area contributed by atoms with Crippen molar-refractivity contribution >= 4 is 54.8 Å². The zero-order valence-electron chi connectivity index (χ0n) is 29.9. The van der Waals surface area contributed by atoms with Crippen molar-refractivity contribution < 1.29 is 0 Å². The maximum Gasteiger partial charge on any atom is 0.0464 e. The van der Waals surface area contributed by atoms with Gasteiger partial charge >= 0.3 is 0 Å². The zero-order valence-corrected chi connectivity index (χ0v) is 29.9. The molecule has 0 bridgehead atoms. The van der Waals surface area contributed by atoms with Gasteiger partial charge in [0.25, 0.3) is 0 Å². The molecule has 53 heavy (non-hydrogen) atoms. The second-order valence-corrected chi connectivity index (χ2v) is 14.6. The van der Waals surface area contributed by atoms with Crippen molar-refractivity contribution in [3.8, 4) is 0 Å². The molecule has 0 spiro atoms. The van der Waals surface area contributed by atoms with Crippen molar-refractivity contribution in [1.29, 1.82) is 0 Å². The molecule has 0 radical (unpaired) electrons. The van der Waals surface area contributed by atoms with Crippen LogP contribution in [0.2, 0.25) is 0 Å². The lowest BCUT2D eigenvalue weighted by atomic mass is 9.72. The lowest BCUT2D eigenvalue weighted by molar-refractivity contribution is 0.825. The molecule has 1 atom stereocenters. The molecule has 0 aliphatic heterocycles. The molecule has 0 saturated carbocycles. The molecular formula is C52H41N. The average molecular weight is 680 g/mol. The number of nitrogens with zero attached hydrogens (tertiary/aromatic N) is 1. The van der Waals surface area contributed by atoms with E-state index in [1.807, 2.05) is 0 Å². The molecule has 7 aromatic rings. The molecular weight excluding hydrogens is 639 g/mol. The Balaban J connectivity index is 1.26. The summed E-state index contributed by atoms with van der Waals surface area (Å²) < 4.78 is 0. The molecule has 1 unspecified atom stereocenters. The average Bonchev–Trinajstić information content (AvgIpc) is 3.24. The highest BCUT2D eigenvalue weighted by Gasteiger charge is 2.30. The third-order valence-corrected chi connectivity index (χ3v) is 11.6. The Kier molecular flexibility index (Phi) is 7.99. The summed E-state index contributed by atoms with van der Waals surface area (Å²) in [5, 5.41) is 10.8. The van der Waals surface area contributed by atoms with Gasteiger partial charge in [-0.15, -0.1) is 0 Å². The number of para-hydroxylation sites is 1. The maximum atomic E-state index is 2.46. The Bertz CT molecular complexity index is 2800. The van der Waals surface area contributed by atoms with Crippen molar-refractivity contribution in [2.75, 3.05) is 4.90 Å². The smallest absolute Gasteiger partial charge is 0.0464 e. The van der Waals surface area contributed by atoms with Crippen LogP contribution < -0.4 is 15.3 Å². The Morgan fingerprint density at radius 2 is 1.13 bits per heavy atom. The molecule has 0 fully saturated rings.